The molecule has 4 aliphatic carbocycles. The van der Waals surface area contributed by atoms with Gasteiger partial charge in [0.05, 0.1) is 65.3 Å². The monoisotopic (exact) mass is 1360 g/mol. The molecule has 2 atom stereocenters. The van der Waals surface area contributed by atoms with Gasteiger partial charge in [0.25, 0.3) is 11.1 Å². The van der Waals surface area contributed by atoms with E-state index in [1.807, 2.05) is 20.8 Å². The maximum absolute atomic E-state index is 13.9. The van der Waals surface area contributed by atoms with Crippen molar-refractivity contribution in [1.82, 2.24) is 67.6 Å². The molecule has 9 heterocycles. The van der Waals surface area contributed by atoms with Crippen LogP contribution in [0.2, 0.25) is 5.28 Å². The smallest absolute Gasteiger partial charge is 0.399 e. The molecule has 6 aromatic rings. The van der Waals surface area contributed by atoms with Crippen LogP contribution in [0.15, 0.2) is 34.6 Å². The van der Waals surface area contributed by atoms with Crippen molar-refractivity contribution in [2.24, 2.45) is 23.7 Å². The van der Waals surface area contributed by atoms with Crippen LogP contribution in [0, 0.1) is 37.5 Å². The third kappa shape index (κ3) is 16.3. The molecule has 3 saturated heterocycles. The number of nitrogens with one attached hydrogen (secondary N) is 2. The first-order valence-electron chi connectivity index (χ1n) is 32.5. The average molecular weight is 1360 g/mol. The summed E-state index contributed by atoms with van der Waals surface area (Å²) >= 11 is 5.98. The molecule has 7 aliphatic rings. The molecule has 6 aromatic heterocycles. The summed E-state index contributed by atoms with van der Waals surface area (Å²) in [5, 5.41) is 6.59. The number of ether oxygens (including phenoxy) is 2. The summed E-state index contributed by atoms with van der Waals surface area (Å²) in [7, 11) is -3.95. The first-order chi connectivity index (χ1) is 43.9. The van der Waals surface area contributed by atoms with Crippen molar-refractivity contribution in [3.63, 3.8) is 0 Å². The molecule has 0 radical (unpaired) electrons. The van der Waals surface area contributed by atoms with Crippen LogP contribution in [0.4, 0.5) is 11.6 Å². The summed E-state index contributed by atoms with van der Waals surface area (Å²) in [6.07, 6.45) is 18.3. The molecule has 93 heavy (non-hydrogen) atoms. The summed E-state index contributed by atoms with van der Waals surface area (Å²) in [5.41, 5.74) is 6.81. The summed E-state index contributed by atoms with van der Waals surface area (Å²) in [5.74, 6) is 3.40. The van der Waals surface area contributed by atoms with Gasteiger partial charge in [0.1, 0.15) is 23.7 Å². The predicted octanol–water partition coefficient (Wildman–Crippen LogP) is 5.59. The molecule has 0 unspecified atom stereocenters. The Labute approximate surface area is 560 Å². The minimum absolute atomic E-state index is 0. The molecule has 26 nitrogen and oxygen atoms in total. The lowest BCUT2D eigenvalue weighted by molar-refractivity contribution is 0.00578. The van der Waals surface area contributed by atoms with Gasteiger partial charge in [-0.1, -0.05) is 0 Å². The Kier molecular flexibility index (Phi) is 22.2. The zero-order valence-corrected chi connectivity index (χ0v) is 57.0. The van der Waals surface area contributed by atoms with E-state index < -0.39 is 20.0 Å². The average Bonchev–Trinajstić information content (AvgIpc) is 1.72. The molecule has 504 valence electrons. The van der Waals surface area contributed by atoms with Crippen LogP contribution in [-0.4, -0.2) is 198 Å². The van der Waals surface area contributed by atoms with Gasteiger partial charge in [0, 0.05) is 94.3 Å². The van der Waals surface area contributed by atoms with E-state index in [9.17, 15) is 26.4 Å². The highest BCUT2D eigenvalue weighted by atomic mass is 35.5. The number of aromatic nitrogens is 12. The molecule has 2 N–H and O–H groups in total. The largest absolute Gasteiger partial charge is 0.498 e. The number of anilines is 2. The number of sulfonamides is 2. The zero-order valence-electron chi connectivity index (χ0n) is 54.6. The second kappa shape index (κ2) is 29.2. The van der Waals surface area contributed by atoms with E-state index >= 15 is 0 Å². The predicted molar refractivity (Wildman–Crippen MR) is 362 cm³/mol. The number of aryl methyl sites for hydroxylation is 2. The molecular formula is C62H91AlBClN16O10S2. The van der Waals surface area contributed by atoms with Gasteiger partial charge in [0.2, 0.25) is 25.3 Å². The Hall–Kier alpha value is -5.25. The van der Waals surface area contributed by atoms with Crippen LogP contribution in [0.3, 0.4) is 0 Å². The van der Waals surface area contributed by atoms with Crippen molar-refractivity contribution in [2.45, 2.75) is 168 Å². The summed E-state index contributed by atoms with van der Waals surface area (Å²) < 4.78 is 78.4. The van der Waals surface area contributed by atoms with E-state index in [1.165, 1.54) is 37.6 Å². The molecule has 0 spiro atoms. The molecule has 13 rings (SSSR count). The van der Waals surface area contributed by atoms with Gasteiger partial charge in [0.15, 0.2) is 46.1 Å². The highest BCUT2D eigenvalue weighted by molar-refractivity contribution is 7.89. The van der Waals surface area contributed by atoms with Gasteiger partial charge in [-0.2, -0.15) is 4.98 Å². The van der Waals surface area contributed by atoms with Crippen LogP contribution in [0.5, 0.6) is 0 Å². The first-order valence-corrected chi connectivity index (χ1v) is 36.1. The Balaban J connectivity index is 0.000000162. The topological polar surface area (TPSA) is 309 Å². The fourth-order valence-corrected chi connectivity index (χ4v) is 15.4. The quantitative estimate of drug-likeness (QED) is 0.0618. The number of hydrogen-bond donors (Lipinski definition) is 2. The van der Waals surface area contributed by atoms with E-state index in [0.717, 1.165) is 85.2 Å². The maximum Gasteiger partial charge on any atom is 0.498 e. The zero-order chi connectivity index (χ0) is 65.4. The SMILES string of the molecule is COCCS(=O)(=O)N1CCC(CNc2nc3cnc(-c4c(C)ncnc4C4CC4)nc3n([C@@H](C)C3CC3)c2=O)CC1.COCCS(=O)(=O)N1CCC(CNc2nc3cnc(Cl)nc3n([C@@H](C)C3CC3)c2=O)CC1.Cc1ncnc(C2CC2)c1B1OC(C)(C)C(C)(C)O1.[AlH3]. The Morgan fingerprint density at radius 1 is 0.602 bits per heavy atom. The summed E-state index contributed by atoms with van der Waals surface area (Å²) in [6.45, 7) is 19.7. The van der Waals surface area contributed by atoms with Crippen molar-refractivity contribution in [3.05, 3.63) is 73.8 Å². The van der Waals surface area contributed by atoms with Crippen LogP contribution >= 0.6 is 11.6 Å². The number of fused-ring (bicyclic) bond motifs is 2. The van der Waals surface area contributed by atoms with Crippen molar-refractivity contribution in [1.29, 1.82) is 0 Å². The molecule has 4 saturated carbocycles. The minimum Gasteiger partial charge on any atom is -0.399 e. The van der Waals surface area contributed by atoms with Crippen molar-refractivity contribution in [3.8, 4) is 11.4 Å². The normalized spacial score (nSPS) is 20.3. The lowest BCUT2D eigenvalue weighted by Gasteiger charge is -2.32. The fraction of sp³-hybridized carbons (Fsp3) is 0.677. The van der Waals surface area contributed by atoms with E-state index in [-0.39, 0.29) is 112 Å². The van der Waals surface area contributed by atoms with Gasteiger partial charge >= 0.3 is 7.12 Å². The lowest BCUT2D eigenvalue weighted by Crippen LogP contribution is -2.41. The Bertz CT molecular complexity index is 4000. The third-order valence-electron chi connectivity index (χ3n) is 19.6. The van der Waals surface area contributed by atoms with Gasteiger partial charge in [-0.05, 0) is 168 Å². The highest BCUT2D eigenvalue weighted by Gasteiger charge is 2.54. The minimum atomic E-state index is -3.31. The van der Waals surface area contributed by atoms with E-state index in [4.69, 9.17) is 35.4 Å². The fourth-order valence-electron chi connectivity index (χ4n) is 12.4. The Morgan fingerprint density at radius 2 is 1.03 bits per heavy atom. The second-order valence-corrected chi connectivity index (χ2v) is 31.4. The number of hydrogen-bond acceptors (Lipinski definition) is 22. The van der Waals surface area contributed by atoms with Crippen molar-refractivity contribution < 1.29 is 35.6 Å². The number of nitrogens with zero attached hydrogens (tertiary/aromatic N) is 14. The lowest BCUT2D eigenvalue weighted by atomic mass is 9.75. The van der Waals surface area contributed by atoms with E-state index in [0.29, 0.717) is 104 Å². The molecule has 31 heteroatoms. The van der Waals surface area contributed by atoms with E-state index in [1.54, 1.807) is 32.3 Å². The van der Waals surface area contributed by atoms with Crippen LogP contribution in [0.1, 0.15) is 165 Å². The summed E-state index contributed by atoms with van der Waals surface area (Å²) in [4.78, 5) is 71.9. The van der Waals surface area contributed by atoms with Gasteiger partial charge in [-0.25, -0.2) is 70.3 Å². The molecule has 7 fully saturated rings. The molecule has 0 amide bonds. The van der Waals surface area contributed by atoms with Crippen molar-refractivity contribution >= 4 is 95.6 Å². The van der Waals surface area contributed by atoms with Crippen molar-refractivity contribution in [2.75, 3.05) is 88.8 Å². The maximum atomic E-state index is 13.9. The van der Waals surface area contributed by atoms with Gasteiger partial charge < -0.3 is 29.4 Å². The molecular weight excluding hydrogens is 1270 g/mol. The van der Waals surface area contributed by atoms with E-state index in [2.05, 4.69) is 90.1 Å². The number of methoxy groups -OCH3 is 2. The Morgan fingerprint density at radius 3 is 1.48 bits per heavy atom. The van der Waals surface area contributed by atoms with Crippen LogP contribution in [0.25, 0.3) is 33.7 Å². The number of piperidine rings is 2. The summed E-state index contributed by atoms with van der Waals surface area (Å²) in [6, 6.07) is -0.0204. The first kappa shape index (κ1) is 70.5. The van der Waals surface area contributed by atoms with Crippen LogP contribution in [-0.2, 0) is 38.8 Å². The standard InChI is InChI=1S/C28H38N8O4S.C20H29ClN6O4S.C14H21BN2O2.Al.3H/c1-17-23(24(21-6-7-21)32-16-31-17)25-30-15-22-27(34-25)36(18(2)20-4-5-20)28(37)26(33-22)29-14-19-8-10-35(11-9-19)41(38,39)13-12-40-3;1-13(15-3-4-15)27-18-16(12-23-20(21)25-18)24-17(19(27)28)22-11-14-5-7-26(8-6-14)32(29,30)10-9-31-2;1-9-11(12(10-6-7-10)17-8-16-9)15-18-13(2,3)14(4,5)19-15;;;;/h15-16,18-21H,4-14H2,1-3H3,(H,29,33);12-15H,3-11H2,1-2H3,(H,22,24);8,10H,6-7H2,1-5H3;;;;/t18-;13-;;;;;/m00...../s1. The number of rotatable bonds is 22. The molecule has 0 aromatic carbocycles. The van der Waals surface area contributed by atoms with Gasteiger partial charge in [-0.15, -0.1) is 0 Å². The highest BCUT2D eigenvalue weighted by Crippen LogP contribution is 2.45. The van der Waals surface area contributed by atoms with Crippen LogP contribution < -0.4 is 27.2 Å². The van der Waals surface area contributed by atoms with Gasteiger partial charge in [-0.3, -0.25) is 18.7 Å². The second-order valence-electron chi connectivity index (χ2n) is 26.9. The number of halogens is 1. The molecule has 3 aliphatic heterocycles. The molecule has 0 bridgehead atoms. The third-order valence-corrected chi connectivity index (χ3v) is 23.5.